The van der Waals surface area contributed by atoms with Crippen molar-refractivity contribution in [3.8, 4) is 5.75 Å². The van der Waals surface area contributed by atoms with Gasteiger partial charge in [0.15, 0.2) is 0 Å². The minimum atomic E-state index is -0.304. The first-order chi connectivity index (χ1) is 13.5. The number of ether oxygens (including phenoxy) is 1. The zero-order chi connectivity index (χ0) is 20.1. The first-order valence-corrected chi connectivity index (χ1v) is 9.98. The largest absolute Gasteiger partial charge is 0.489 e. The third-order valence-corrected chi connectivity index (χ3v) is 5.19. The van der Waals surface area contributed by atoms with Gasteiger partial charge in [-0.15, -0.1) is 0 Å². The molecule has 28 heavy (non-hydrogen) atoms. The molecule has 2 aromatic carbocycles. The lowest BCUT2D eigenvalue weighted by Crippen LogP contribution is -2.33. The Balaban J connectivity index is 1.59. The van der Waals surface area contributed by atoms with Crippen LogP contribution in [-0.4, -0.2) is 24.9 Å². The molecule has 0 radical (unpaired) electrons. The number of carbonyl (C=O) groups is 2. The lowest BCUT2D eigenvalue weighted by atomic mass is 10.1. The van der Waals surface area contributed by atoms with Gasteiger partial charge in [-0.1, -0.05) is 36.2 Å². The minimum Gasteiger partial charge on any atom is -0.489 e. The van der Waals surface area contributed by atoms with Crippen LogP contribution in [0.15, 0.2) is 42.5 Å². The van der Waals surface area contributed by atoms with E-state index in [0.29, 0.717) is 35.5 Å². The lowest BCUT2D eigenvalue weighted by molar-refractivity contribution is -0.126. The Bertz CT molecular complexity index is 855. The molecule has 2 aromatic rings. The SMILES string of the molecule is CCCNC(=O)C1CC(=O)N(c2ccc(OCc3ccc(Cl)cc3Cl)cc2)C1. The van der Waals surface area contributed by atoms with Gasteiger partial charge in [-0.25, -0.2) is 0 Å². The van der Waals surface area contributed by atoms with Gasteiger partial charge in [-0.05, 0) is 42.8 Å². The highest BCUT2D eigenvalue weighted by atomic mass is 35.5. The van der Waals surface area contributed by atoms with E-state index >= 15 is 0 Å². The molecule has 1 heterocycles. The third kappa shape index (κ3) is 4.97. The average Bonchev–Trinajstić information content (AvgIpc) is 3.07. The van der Waals surface area contributed by atoms with Gasteiger partial charge in [-0.2, -0.15) is 0 Å². The van der Waals surface area contributed by atoms with E-state index in [2.05, 4.69) is 5.32 Å². The molecule has 1 saturated heterocycles. The average molecular weight is 421 g/mol. The number of hydrogen-bond donors (Lipinski definition) is 1. The van der Waals surface area contributed by atoms with Crippen LogP contribution in [0.5, 0.6) is 5.75 Å². The van der Waals surface area contributed by atoms with E-state index < -0.39 is 0 Å². The second kappa shape index (κ2) is 9.30. The van der Waals surface area contributed by atoms with E-state index in [1.54, 1.807) is 29.2 Å². The molecule has 5 nitrogen and oxygen atoms in total. The van der Waals surface area contributed by atoms with Gasteiger partial charge >= 0.3 is 0 Å². The number of benzene rings is 2. The van der Waals surface area contributed by atoms with Crippen molar-refractivity contribution < 1.29 is 14.3 Å². The van der Waals surface area contributed by atoms with Crippen molar-refractivity contribution in [2.45, 2.75) is 26.4 Å². The Morgan fingerprint density at radius 2 is 1.96 bits per heavy atom. The molecule has 1 atom stereocenters. The molecule has 7 heteroatoms. The summed E-state index contributed by atoms with van der Waals surface area (Å²) >= 11 is 12.1. The van der Waals surface area contributed by atoms with Crippen molar-refractivity contribution in [1.82, 2.24) is 5.32 Å². The van der Waals surface area contributed by atoms with Gasteiger partial charge in [-0.3, -0.25) is 9.59 Å². The second-order valence-corrected chi connectivity index (χ2v) is 7.56. The molecule has 1 N–H and O–H groups in total. The number of halogens is 2. The molecule has 1 aliphatic rings. The first-order valence-electron chi connectivity index (χ1n) is 9.22. The summed E-state index contributed by atoms with van der Waals surface area (Å²) in [5, 5.41) is 3.99. The normalized spacial score (nSPS) is 16.3. The Morgan fingerprint density at radius 1 is 1.21 bits per heavy atom. The first kappa shape index (κ1) is 20.5. The molecular formula is C21H22Cl2N2O3. The number of rotatable bonds is 7. The van der Waals surface area contributed by atoms with Crippen molar-refractivity contribution in [2.75, 3.05) is 18.0 Å². The fourth-order valence-corrected chi connectivity index (χ4v) is 3.51. The van der Waals surface area contributed by atoms with Crippen molar-refractivity contribution in [3.05, 3.63) is 58.1 Å². The number of hydrogen-bond acceptors (Lipinski definition) is 3. The van der Waals surface area contributed by atoms with Gasteiger partial charge in [0.1, 0.15) is 12.4 Å². The smallest absolute Gasteiger partial charge is 0.227 e. The zero-order valence-electron chi connectivity index (χ0n) is 15.6. The van der Waals surface area contributed by atoms with E-state index in [1.165, 1.54) is 0 Å². The Hall–Kier alpha value is -2.24. The van der Waals surface area contributed by atoms with Crippen LogP contribution in [0.25, 0.3) is 0 Å². The van der Waals surface area contributed by atoms with Crippen molar-refractivity contribution in [3.63, 3.8) is 0 Å². The molecule has 0 spiro atoms. The fourth-order valence-electron chi connectivity index (χ4n) is 3.05. The maximum absolute atomic E-state index is 12.3. The maximum atomic E-state index is 12.3. The van der Waals surface area contributed by atoms with Crippen LogP contribution in [0.1, 0.15) is 25.3 Å². The van der Waals surface area contributed by atoms with Gasteiger partial charge in [0.25, 0.3) is 0 Å². The van der Waals surface area contributed by atoms with Crippen LogP contribution in [0.2, 0.25) is 10.0 Å². The van der Waals surface area contributed by atoms with Gasteiger partial charge in [0, 0.05) is 40.8 Å². The highest BCUT2D eigenvalue weighted by Crippen LogP contribution is 2.28. The highest BCUT2D eigenvalue weighted by Gasteiger charge is 2.34. The van der Waals surface area contributed by atoms with E-state index in [4.69, 9.17) is 27.9 Å². The summed E-state index contributed by atoms with van der Waals surface area (Å²) in [7, 11) is 0. The van der Waals surface area contributed by atoms with Gasteiger partial charge < -0.3 is 15.0 Å². The highest BCUT2D eigenvalue weighted by molar-refractivity contribution is 6.35. The van der Waals surface area contributed by atoms with E-state index in [0.717, 1.165) is 17.7 Å². The zero-order valence-corrected chi connectivity index (χ0v) is 17.1. The van der Waals surface area contributed by atoms with Gasteiger partial charge in [0.2, 0.25) is 11.8 Å². The number of anilines is 1. The van der Waals surface area contributed by atoms with Crippen LogP contribution in [0.4, 0.5) is 5.69 Å². The molecular weight excluding hydrogens is 399 g/mol. The predicted octanol–water partition coefficient (Wildman–Crippen LogP) is 4.45. The van der Waals surface area contributed by atoms with Crippen LogP contribution < -0.4 is 15.0 Å². The van der Waals surface area contributed by atoms with E-state index in [9.17, 15) is 9.59 Å². The Kier molecular flexibility index (Phi) is 6.81. The standard InChI is InChI=1S/C21H22Cl2N2O3/c1-2-9-24-21(27)15-10-20(26)25(12-15)17-5-7-18(8-6-17)28-13-14-3-4-16(22)11-19(14)23/h3-8,11,15H,2,9-10,12-13H2,1H3,(H,24,27). The topological polar surface area (TPSA) is 58.6 Å². The third-order valence-electron chi connectivity index (χ3n) is 4.60. The Labute approximate surface area is 174 Å². The van der Waals surface area contributed by atoms with Crippen molar-refractivity contribution >= 4 is 40.7 Å². The number of carbonyl (C=O) groups excluding carboxylic acids is 2. The number of amides is 2. The Morgan fingerprint density at radius 3 is 2.64 bits per heavy atom. The van der Waals surface area contributed by atoms with Crippen LogP contribution in [0, 0.1) is 5.92 Å². The van der Waals surface area contributed by atoms with Crippen LogP contribution in [0.3, 0.4) is 0 Å². The predicted molar refractivity (Wildman–Crippen MR) is 111 cm³/mol. The molecule has 3 rings (SSSR count). The summed E-state index contributed by atoms with van der Waals surface area (Å²) in [4.78, 5) is 26.1. The molecule has 1 aliphatic heterocycles. The van der Waals surface area contributed by atoms with Crippen molar-refractivity contribution in [1.29, 1.82) is 0 Å². The fraction of sp³-hybridized carbons (Fsp3) is 0.333. The number of nitrogens with zero attached hydrogens (tertiary/aromatic N) is 1. The summed E-state index contributed by atoms with van der Waals surface area (Å²) < 4.78 is 5.77. The lowest BCUT2D eigenvalue weighted by Gasteiger charge is -2.17. The van der Waals surface area contributed by atoms with E-state index in [-0.39, 0.29) is 24.2 Å². The monoisotopic (exact) mass is 420 g/mol. The summed E-state index contributed by atoms with van der Waals surface area (Å²) in [6, 6.07) is 12.5. The summed E-state index contributed by atoms with van der Waals surface area (Å²) in [5.74, 6) is 0.261. The van der Waals surface area contributed by atoms with Crippen LogP contribution >= 0.6 is 23.2 Å². The molecule has 2 amide bonds. The van der Waals surface area contributed by atoms with Crippen molar-refractivity contribution in [2.24, 2.45) is 5.92 Å². The second-order valence-electron chi connectivity index (χ2n) is 6.71. The molecule has 0 aromatic heterocycles. The molecule has 0 aliphatic carbocycles. The molecule has 148 valence electrons. The summed E-state index contributed by atoms with van der Waals surface area (Å²) in [6.45, 7) is 3.34. The van der Waals surface area contributed by atoms with E-state index in [1.807, 2.05) is 25.1 Å². The maximum Gasteiger partial charge on any atom is 0.227 e. The van der Waals surface area contributed by atoms with Crippen LogP contribution in [-0.2, 0) is 16.2 Å². The summed E-state index contributed by atoms with van der Waals surface area (Å²) in [6.07, 6.45) is 1.11. The minimum absolute atomic E-state index is 0.0433. The van der Waals surface area contributed by atoms with Gasteiger partial charge in [0.05, 0.1) is 5.92 Å². The number of nitrogens with one attached hydrogen (secondary N) is 1. The molecule has 1 unspecified atom stereocenters. The summed E-state index contributed by atoms with van der Waals surface area (Å²) in [5.41, 5.74) is 1.60. The molecule has 0 bridgehead atoms. The quantitative estimate of drug-likeness (QED) is 0.719. The molecule has 0 saturated carbocycles. The molecule has 1 fully saturated rings.